The number of aromatic hydroxyl groups is 1. The molecule has 4 heteroatoms. The SMILES string of the molecule is CC(C)(C)c1cc(-c2cc(-c3cc(-c4ccccc4)cc(-c4cc(-c5ccc(C(C)(C)c6ccc(F)cc6)cc5)ccn4)c3)nc(-c3cccc(C(C)(C)C)c3O)c2)cc(C(C)(C)C)c1. The van der Waals surface area contributed by atoms with Gasteiger partial charge in [0.1, 0.15) is 11.6 Å². The molecule has 0 spiro atoms. The molecule has 2 aromatic heterocycles. The first-order chi connectivity index (χ1) is 30.6. The molecule has 0 fully saturated rings. The number of hydrogen-bond acceptors (Lipinski definition) is 3. The molecule has 0 amide bonds. The van der Waals surface area contributed by atoms with Crippen molar-refractivity contribution in [2.75, 3.05) is 0 Å². The molecule has 328 valence electrons. The molecule has 1 N–H and O–H groups in total. The van der Waals surface area contributed by atoms with Gasteiger partial charge in [-0.1, -0.05) is 173 Å². The summed E-state index contributed by atoms with van der Waals surface area (Å²) in [4.78, 5) is 10.4. The highest BCUT2D eigenvalue weighted by Gasteiger charge is 2.26. The minimum Gasteiger partial charge on any atom is -0.507 e. The molecule has 0 bridgehead atoms. The summed E-state index contributed by atoms with van der Waals surface area (Å²) in [5, 5.41) is 12.0. The van der Waals surface area contributed by atoms with E-state index in [1.54, 1.807) is 0 Å². The van der Waals surface area contributed by atoms with Crippen molar-refractivity contribution < 1.29 is 9.50 Å². The monoisotopic (exact) mass is 856 g/mol. The van der Waals surface area contributed by atoms with Crippen LogP contribution >= 0.6 is 0 Å². The summed E-state index contributed by atoms with van der Waals surface area (Å²) in [5.74, 6) is 0.0179. The summed E-state index contributed by atoms with van der Waals surface area (Å²) in [6, 6.07) is 54.1. The Morgan fingerprint density at radius 1 is 0.385 bits per heavy atom. The maximum Gasteiger partial charge on any atom is 0.128 e. The van der Waals surface area contributed by atoms with Crippen molar-refractivity contribution in [2.24, 2.45) is 0 Å². The van der Waals surface area contributed by atoms with Gasteiger partial charge in [0, 0.05) is 28.3 Å². The molecule has 0 unspecified atom stereocenters. The third-order valence-electron chi connectivity index (χ3n) is 12.8. The number of phenolic OH excluding ortho intramolecular Hbond substituents is 1. The Bertz CT molecular complexity index is 2970. The van der Waals surface area contributed by atoms with Crippen molar-refractivity contribution in [3.05, 3.63) is 198 Å². The second kappa shape index (κ2) is 17.0. The summed E-state index contributed by atoms with van der Waals surface area (Å²) in [6.07, 6.45) is 1.88. The molecule has 8 aromatic rings. The van der Waals surface area contributed by atoms with Gasteiger partial charge >= 0.3 is 0 Å². The fourth-order valence-corrected chi connectivity index (χ4v) is 8.60. The Morgan fingerprint density at radius 2 is 0.892 bits per heavy atom. The molecule has 8 rings (SSSR count). The van der Waals surface area contributed by atoms with E-state index in [-0.39, 0.29) is 33.2 Å². The molecule has 3 nitrogen and oxygen atoms in total. The molecule has 65 heavy (non-hydrogen) atoms. The number of halogens is 1. The lowest BCUT2D eigenvalue weighted by Crippen LogP contribution is -2.18. The van der Waals surface area contributed by atoms with Crippen molar-refractivity contribution in [3.63, 3.8) is 0 Å². The second-order valence-electron chi connectivity index (χ2n) is 21.2. The Labute approximate surface area is 386 Å². The van der Waals surface area contributed by atoms with E-state index in [1.165, 1.54) is 23.3 Å². The van der Waals surface area contributed by atoms with Gasteiger partial charge in [0.05, 0.1) is 17.1 Å². The van der Waals surface area contributed by atoms with Gasteiger partial charge in [0.2, 0.25) is 0 Å². The zero-order valence-corrected chi connectivity index (χ0v) is 39.8. The Kier molecular flexibility index (Phi) is 11.8. The van der Waals surface area contributed by atoms with Gasteiger partial charge in [-0.15, -0.1) is 0 Å². The van der Waals surface area contributed by atoms with E-state index in [9.17, 15) is 9.50 Å². The first kappa shape index (κ1) is 44.9. The van der Waals surface area contributed by atoms with Crippen LogP contribution in [-0.4, -0.2) is 15.1 Å². The van der Waals surface area contributed by atoms with Crippen LogP contribution in [0.15, 0.2) is 164 Å². The summed E-state index contributed by atoms with van der Waals surface area (Å²) in [7, 11) is 0. The minimum atomic E-state index is -0.298. The highest BCUT2D eigenvalue weighted by atomic mass is 19.1. The number of hydrogen-bond donors (Lipinski definition) is 1. The van der Waals surface area contributed by atoms with Gasteiger partial charge in [0.15, 0.2) is 0 Å². The molecular formula is C61H61FN2O. The highest BCUT2D eigenvalue weighted by molar-refractivity contribution is 5.84. The molecule has 2 heterocycles. The van der Waals surface area contributed by atoms with E-state index in [0.29, 0.717) is 11.3 Å². The molecule has 0 radical (unpaired) electrons. The summed E-state index contributed by atoms with van der Waals surface area (Å²) >= 11 is 0. The lowest BCUT2D eigenvalue weighted by atomic mass is 9.78. The maximum atomic E-state index is 13.8. The molecule has 0 aliphatic heterocycles. The van der Waals surface area contributed by atoms with E-state index in [2.05, 4.69) is 185 Å². The largest absolute Gasteiger partial charge is 0.507 e. The van der Waals surface area contributed by atoms with Gasteiger partial charge in [-0.3, -0.25) is 4.98 Å². The Balaban J connectivity index is 1.30. The van der Waals surface area contributed by atoms with Crippen molar-refractivity contribution in [3.8, 4) is 72.9 Å². The van der Waals surface area contributed by atoms with Crippen LogP contribution in [0.4, 0.5) is 4.39 Å². The quantitative estimate of drug-likeness (QED) is 0.166. The van der Waals surface area contributed by atoms with Crippen molar-refractivity contribution in [2.45, 2.75) is 97.8 Å². The number of para-hydroxylation sites is 1. The number of rotatable bonds is 8. The van der Waals surface area contributed by atoms with Crippen LogP contribution in [-0.2, 0) is 21.7 Å². The lowest BCUT2D eigenvalue weighted by Gasteiger charge is -2.26. The lowest BCUT2D eigenvalue weighted by molar-refractivity contribution is 0.448. The normalized spacial score (nSPS) is 12.4. The fourth-order valence-electron chi connectivity index (χ4n) is 8.60. The first-order valence-electron chi connectivity index (χ1n) is 22.7. The Morgan fingerprint density at radius 3 is 1.49 bits per heavy atom. The zero-order chi connectivity index (χ0) is 46.5. The maximum absolute atomic E-state index is 13.8. The molecule has 0 saturated carbocycles. The zero-order valence-electron chi connectivity index (χ0n) is 39.8. The van der Waals surface area contributed by atoms with E-state index >= 15 is 0 Å². The summed E-state index contributed by atoms with van der Waals surface area (Å²) in [5.41, 5.74) is 16.3. The average molecular weight is 857 g/mol. The number of phenols is 1. The predicted molar refractivity (Wildman–Crippen MR) is 271 cm³/mol. The number of pyridine rings is 2. The van der Waals surface area contributed by atoms with Gasteiger partial charge in [-0.25, -0.2) is 9.37 Å². The van der Waals surface area contributed by atoms with Gasteiger partial charge in [-0.2, -0.15) is 0 Å². The number of benzene rings is 6. The van der Waals surface area contributed by atoms with Gasteiger partial charge < -0.3 is 5.11 Å². The smallest absolute Gasteiger partial charge is 0.128 e. The third-order valence-corrected chi connectivity index (χ3v) is 12.8. The molecule has 0 aliphatic rings. The Hall–Kier alpha value is -6.65. The molecular weight excluding hydrogens is 796 g/mol. The van der Waals surface area contributed by atoms with Crippen LogP contribution in [0.5, 0.6) is 5.75 Å². The summed E-state index contributed by atoms with van der Waals surface area (Å²) in [6.45, 7) is 24.3. The van der Waals surface area contributed by atoms with Crippen LogP contribution in [0.2, 0.25) is 0 Å². The number of aromatic nitrogens is 2. The molecule has 6 aromatic carbocycles. The molecule has 0 aliphatic carbocycles. The summed E-state index contributed by atoms with van der Waals surface area (Å²) < 4.78 is 13.8. The molecule has 0 saturated heterocycles. The third kappa shape index (κ3) is 9.59. The standard InChI is InChI=1S/C61H61FN2O/c1-58(2,3)49-33-43(34-50(38-49)59(4,5)6)44-36-55(64-56(37-44)52-18-15-19-53(57(52)65)60(7,8)9)46-31-42(39-16-13-12-14-17-39)30-45(32-46)54-35-41(28-29-63-54)40-20-22-47(23-21-40)61(10,11)48-24-26-51(62)27-25-48/h12-38,65H,1-11H3. The van der Waals surface area contributed by atoms with Crippen LogP contribution in [0.3, 0.4) is 0 Å². The fraction of sp³-hybridized carbons (Fsp3) is 0.246. The van der Waals surface area contributed by atoms with E-state index < -0.39 is 0 Å². The minimum absolute atomic E-state index is 0.0723. The molecule has 0 atom stereocenters. The highest BCUT2D eigenvalue weighted by Crippen LogP contribution is 2.43. The second-order valence-corrected chi connectivity index (χ2v) is 21.2. The van der Waals surface area contributed by atoms with E-state index in [1.807, 2.05) is 42.6 Å². The van der Waals surface area contributed by atoms with E-state index in [0.717, 1.165) is 72.6 Å². The van der Waals surface area contributed by atoms with Crippen molar-refractivity contribution in [1.82, 2.24) is 9.97 Å². The van der Waals surface area contributed by atoms with Crippen LogP contribution < -0.4 is 0 Å². The van der Waals surface area contributed by atoms with E-state index in [4.69, 9.17) is 9.97 Å². The average Bonchev–Trinajstić information content (AvgIpc) is 3.28. The topological polar surface area (TPSA) is 46.0 Å². The van der Waals surface area contributed by atoms with Crippen LogP contribution in [0, 0.1) is 5.82 Å². The first-order valence-corrected chi connectivity index (χ1v) is 22.7. The number of nitrogens with zero attached hydrogens (tertiary/aromatic N) is 2. The van der Waals surface area contributed by atoms with Gasteiger partial charge in [0.25, 0.3) is 0 Å². The van der Waals surface area contributed by atoms with Crippen molar-refractivity contribution >= 4 is 0 Å². The van der Waals surface area contributed by atoms with Crippen LogP contribution in [0.1, 0.15) is 104 Å². The van der Waals surface area contributed by atoms with Crippen LogP contribution in [0.25, 0.3) is 67.2 Å². The van der Waals surface area contributed by atoms with Gasteiger partial charge in [-0.05, 0) is 138 Å². The van der Waals surface area contributed by atoms with Crippen molar-refractivity contribution in [1.29, 1.82) is 0 Å². The predicted octanol–water partition coefficient (Wildman–Crippen LogP) is 16.5.